The molecule has 0 radical (unpaired) electrons. The fourth-order valence-corrected chi connectivity index (χ4v) is 2.32. The number of nitrogen functional groups attached to an aromatic ring is 1. The molecule has 0 saturated heterocycles. The standard InChI is InChI=1S/C15H16N4O/c1-10-5-3-6-11(17-10)9-19-12-7-4-8-13(20-2)14(12)18-15(19)16/h3-8H,9H2,1-2H3,(H2,16,18). The number of benzene rings is 1. The molecule has 102 valence electrons. The summed E-state index contributed by atoms with van der Waals surface area (Å²) >= 11 is 0. The number of para-hydroxylation sites is 1. The van der Waals surface area contributed by atoms with Crippen molar-refractivity contribution in [3.05, 3.63) is 47.8 Å². The van der Waals surface area contributed by atoms with Crippen LogP contribution in [0.4, 0.5) is 5.95 Å². The van der Waals surface area contributed by atoms with Gasteiger partial charge in [-0.15, -0.1) is 0 Å². The second-order valence-corrected chi connectivity index (χ2v) is 4.65. The minimum absolute atomic E-state index is 0.466. The number of nitrogens with zero attached hydrogens (tertiary/aromatic N) is 3. The molecule has 2 aromatic heterocycles. The summed E-state index contributed by atoms with van der Waals surface area (Å²) in [4.78, 5) is 8.89. The number of nitrogens with two attached hydrogens (primary N) is 1. The van der Waals surface area contributed by atoms with E-state index in [1.54, 1.807) is 7.11 Å². The molecule has 5 nitrogen and oxygen atoms in total. The molecule has 0 aliphatic carbocycles. The first kappa shape index (κ1) is 12.5. The van der Waals surface area contributed by atoms with Crippen LogP contribution in [-0.4, -0.2) is 21.6 Å². The largest absolute Gasteiger partial charge is 0.494 e. The number of ether oxygens (including phenoxy) is 1. The number of aromatic nitrogens is 3. The van der Waals surface area contributed by atoms with E-state index in [0.29, 0.717) is 12.5 Å². The second kappa shape index (κ2) is 4.85. The molecule has 0 atom stereocenters. The molecule has 3 aromatic rings. The van der Waals surface area contributed by atoms with E-state index in [-0.39, 0.29) is 0 Å². The Kier molecular flexibility index (Phi) is 3.02. The van der Waals surface area contributed by atoms with Gasteiger partial charge in [-0.2, -0.15) is 0 Å². The second-order valence-electron chi connectivity index (χ2n) is 4.65. The first-order valence-electron chi connectivity index (χ1n) is 6.40. The minimum atomic E-state index is 0.466. The summed E-state index contributed by atoms with van der Waals surface area (Å²) in [5, 5.41) is 0. The molecule has 2 heterocycles. The van der Waals surface area contributed by atoms with E-state index in [2.05, 4.69) is 9.97 Å². The van der Waals surface area contributed by atoms with Gasteiger partial charge in [-0.05, 0) is 31.2 Å². The van der Waals surface area contributed by atoms with Crippen molar-refractivity contribution in [1.29, 1.82) is 0 Å². The topological polar surface area (TPSA) is 66.0 Å². The van der Waals surface area contributed by atoms with Crippen LogP contribution < -0.4 is 10.5 Å². The normalized spacial score (nSPS) is 10.9. The Bertz CT molecular complexity index is 764. The lowest BCUT2D eigenvalue weighted by atomic mass is 10.2. The maximum absolute atomic E-state index is 6.03. The molecule has 20 heavy (non-hydrogen) atoms. The molecule has 3 rings (SSSR count). The fourth-order valence-electron chi connectivity index (χ4n) is 2.32. The molecule has 0 aliphatic rings. The zero-order valence-corrected chi connectivity index (χ0v) is 11.5. The van der Waals surface area contributed by atoms with Gasteiger partial charge in [0.2, 0.25) is 5.95 Å². The quantitative estimate of drug-likeness (QED) is 0.792. The Balaban J connectivity index is 2.10. The molecule has 0 fully saturated rings. The maximum Gasteiger partial charge on any atom is 0.201 e. The summed E-state index contributed by atoms with van der Waals surface area (Å²) in [6.07, 6.45) is 0. The molecular weight excluding hydrogens is 252 g/mol. The van der Waals surface area contributed by atoms with E-state index in [4.69, 9.17) is 10.5 Å². The summed E-state index contributed by atoms with van der Waals surface area (Å²) in [7, 11) is 1.63. The first-order chi connectivity index (χ1) is 9.69. The van der Waals surface area contributed by atoms with Gasteiger partial charge < -0.3 is 15.0 Å². The van der Waals surface area contributed by atoms with Crippen molar-refractivity contribution in [2.45, 2.75) is 13.5 Å². The number of pyridine rings is 1. The number of hydrogen-bond acceptors (Lipinski definition) is 4. The van der Waals surface area contributed by atoms with Gasteiger partial charge in [-0.3, -0.25) is 4.98 Å². The van der Waals surface area contributed by atoms with Crippen molar-refractivity contribution in [2.75, 3.05) is 12.8 Å². The average molecular weight is 268 g/mol. The van der Waals surface area contributed by atoms with Crippen LogP contribution >= 0.6 is 0 Å². The Labute approximate surface area is 117 Å². The SMILES string of the molecule is COc1cccc2c1nc(N)n2Cc1cccc(C)n1. The number of anilines is 1. The highest BCUT2D eigenvalue weighted by Gasteiger charge is 2.12. The highest BCUT2D eigenvalue weighted by molar-refractivity contribution is 5.84. The number of methoxy groups -OCH3 is 1. The minimum Gasteiger partial charge on any atom is -0.494 e. The highest BCUT2D eigenvalue weighted by Crippen LogP contribution is 2.27. The summed E-state index contributed by atoms with van der Waals surface area (Å²) in [5.74, 6) is 1.19. The van der Waals surface area contributed by atoms with Gasteiger partial charge in [0.05, 0.1) is 24.9 Å². The number of aryl methyl sites for hydroxylation is 1. The monoisotopic (exact) mass is 268 g/mol. The zero-order chi connectivity index (χ0) is 14.1. The van der Waals surface area contributed by atoms with Crippen LogP contribution in [0.15, 0.2) is 36.4 Å². The molecule has 2 N–H and O–H groups in total. The third kappa shape index (κ3) is 2.07. The number of fused-ring (bicyclic) bond motifs is 1. The van der Waals surface area contributed by atoms with Gasteiger partial charge in [0.25, 0.3) is 0 Å². The number of hydrogen-bond donors (Lipinski definition) is 1. The number of rotatable bonds is 3. The Morgan fingerprint density at radius 1 is 1.15 bits per heavy atom. The van der Waals surface area contributed by atoms with Crippen LogP contribution in [-0.2, 0) is 6.54 Å². The Morgan fingerprint density at radius 2 is 1.95 bits per heavy atom. The van der Waals surface area contributed by atoms with E-state index < -0.39 is 0 Å². The lowest BCUT2D eigenvalue weighted by Gasteiger charge is -2.07. The van der Waals surface area contributed by atoms with Crippen molar-refractivity contribution < 1.29 is 4.74 Å². The summed E-state index contributed by atoms with van der Waals surface area (Å²) in [5.41, 5.74) is 9.70. The molecule has 1 aromatic carbocycles. The van der Waals surface area contributed by atoms with Crippen molar-refractivity contribution in [1.82, 2.24) is 14.5 Å². The number of imidazole rings is 1. The Hall–Kier alpha value is -2.56. The van der Waals surface area contributed by atoms with Crippen LogP contribution in [0.2, 0.25) is 0 Å². The van der Waals surface area contributed by atoms with Gasteiger partial charge in [0.15, 0.2) is 0 Å². The van der Waals surface area contributed by atoms with Gasteiger partial charge in [0, 0.05) is 5.69 Å². The molecule has 5 heteroatoms. The summed E-state index contributed by atoms with van der Waals surface area (Å²) in [6, 6.07) is 11.7. The molecule has 0 saturated carbocycles. The van der Waals surface area contributed by atoms with Gasteiger partial charge in [0.1, 0.15) is 11.3 Å². The van der Waals surface area contributed by atoms with Crippen LogP contribution in [0.25, 0.3) is 11.0 Å². The van der Waals surface area contributed by atoms with Gasteiger partial charge in [-0.1, -0.05) is 12.1 Å². The molecular formula is C15H16N4O. The molecule has 0 unspecified atom stereocenters. The maximum atomic E-state index is 6.03. The van der Waals surface area contributed by atoms with Gasteiger partial charge in [-0.25, -0.2) is 4.98 Å². The summed E-state index contributed by atoms with van der Waals surface area (Å²) in [6.45, 7) is 2.57. The van der Waals surface area contributed by atoms with E-state index >= 15 is 0 Å². The van der Waals surface area contributed by atoms with E-state index in [1.165, 1.54) is 0 Å². The molecule has 0 aliphatic heterocycles. The van der Waals surface area contributed by atoms with Crippen molar-refractivity contribution in [3.8, 4) is 5.75 Å². The van der Waals surface area contributed by atoms with Gasteiger partial charge >= 0.3 is 0 Å². The molecule has 0 spiro atoms. The van der Waals surface area contributed by atoms with Crippen molar-refractivity contribution >= 4 is 17.0 Å². The summed E-state index contributed by atoms with van der Waals surface area (Å²) < 4.78 is 7.26. The smallest absolute Gasteiger partial charge is 0.201 e. The van der Waals surface area contributed by atoms with Crippen molar-refractivity contribution in [2.24, 2.45) is 0 Å². The Morgan fingerprint density at radius 3 is 2.70 bits per heavy atom. The van der Waals surface area contributed by atoms with Crippen molar-refractivity contribution in [3.63, 3.8) is 0 Å². The molecule has 0 bridgehead atoms. The van der Waals surface area contributed by atoms with E-state index in [0.717, 1.165) is 28.2 Å². The molecule has 0 amide bonds. The van der Waals surface area contributed by atoms with Crippen LogP contribution in [0.1, 0.15) is 11.4 Å². The first-order valence-corrected chi connectivity index (χ1v) is 6.40. The average Bonchev–Trinajstić information content (AvgIpc) is 2.75. The van der Waals surface area contributed by atoms with Crippen LogP contribution in [0.5, 0.6) is 5.75 Å². The van der Waals surface area contributed by atoms with Crippen LogP contribution in [0.3, 0.4) is 0 Å². The lowest BCUT2D eigenvalue weighted by Crippen LogP contribution is -2.06. The van der Waals surface area contributed by atoms with E-state index in [1.807, 2.05) is 47.9 Å². The zero-order valence-electron chi connectivity index (χ0n) is 11.5. The van der Waals surface area contributed by atoms with Crippen LogP contribution in [0, 0.1) is 6.92 Å². The third-order valence-corrected chi connectivity index (χ3v) is 3.26. The lowest BCUT2D eigenvalue weighted by molar-refractivity contribution is 0.419. The van der Waals surface area contributed by atoms with E-state index in [9.17, 15) is 0 Å². The highest BCUT2D eigenvalue weighted by atomic mass is 16.5. The third-order valence-electron chi connectivity index (χ3n) is 3.26. The fraction of sp³-hybridized carbons (Fsp3) is 0.200. The predicted octanol–water partition coefficient (Wildman–Crippen LogP) is 2.38. The predicted molar refractivity (Wildman–Crippen MR) is 78.8 cm³/mol.